The Morgan fingerprint density at radius 2 is 1.91 bits per heavy atom. The molecule has 0 rings (SSSR count). The van der Waals surface area contributed by atoms with Crippen molar-refractivity contribution in [3.63, 3.8) is 0 Å². The van der Waals surface area contributed by atoms with Gasteiger partial charge in [-0.25, -0.2) is 0 Å². The minimum absolute atomic E-state index is 0.0995. The minimum atomic E-state index is -1.85. The molecule has 0 bridgehead atoms. The van der Waals surface area contributed by atoms with E-state index in [4.69, 9.17) is 15.9 Å². The summed E-state index contributed by atoms with van der Waals surface area (Å²) in [4.78, 5) is 0. The first kappa shape index (κ1) is 11.1. The molecule has 4 heteroatoms. The fourth-order valence-corrected chi connectivity index (χ4v) is 3.24. The van der Waals surface area contributed by atoms with Crippen molar-refractivity contribution in [1.29, 1.82) is 0 Å². The predicted molar refractivity (Wildman–Crippen MR) is 50.5 cm³/mol. The highest BCUT2D eigenvalue weighted by atomic mass is 28.4. The largest absolute Gasteiger partial charge is 0.417 e. The van der Waals surface area contributed by atoms with E-state index in [1.54, 1.807) is 7.11 Å². The van der Waals surface area contributed by atoms with Gasteiger partial charge in [0, 0.05) is 18.4 Å². The van der Waals surface area contributed by atoms with Crippen molar-refractivity contribution in [2.24, 2.45) is 11.5 Å². The van der Waals surface area contributed by atoms with Crippen LogP contribution >= 0.6 is 0 Å². The van der Waals surface area contributed by atoms with E-state index in [0.29, 0.717) is 0 Å². The summed E-state index contributed by atoms with van der Waals surface area (Å²) in [6.45, 7) is 6.13. The molecule has 0 fully saturated rings. The normalized spacial score (nSPS) is 22.4. The Morgan fingerprint density at radius 3 is 2.00 bits per heavy atom. The standard InChI is InChI=1S/C7H20N2OSi/c1-5-7(9)11(4,10-3)6(2)8/h6-7H,5,8-9H2,1-4H3. The number of hydrogen-bond acceptors (Lipinski definition) is 3. The molecular formula is C7H20N2OSi. The Bertz CT molecular complexity index is 121. The van der Waals surface area contributed by atoms with E-state index in [2.05, 4.69) is 13.5 Å². The highest BCUT2D eigenvalue weighted by Gasteiger charge is 2.38. The third-order valence-electron chi connectivity index (χ3n) is 2.52. The molecule has 0 aromatic heterocycles. The summed E-state index contributed by atoms with van der Waals surface area (Å²) in [6, 6.07) is 0. The van der Waals surface area contributed by atoms with Crippen LogP contribution < -0.4 is 11.5 Å². The lowest BCUT2D eigenvalue weighted by Gasteiger charge is -2.34. The lowest BCUT2D eigenvalue weighted by atomic mass is 10.5. The fourth-order valence-electron chi connectivity index (χ4n) is 1.08. The molecule has 4 N–H and O–H groups in total. The van der Waals surface area contributed by atoms with Gasteiger partial charge in [0.25, 0.3) is 0 Å². The molecular weight excluding hydrogens is 156 g/mol. The zero-order chi connectivity index (χ0) is 9.07. The summed E-state index contributed by atoms with van der Waals surface area (Å²) in [5, 5.41) is 0. The van der Waals surface area contributed by atoms with Gasteiger partial charge in [-0.3, -0.25) is 0 Å². The first-order valence-corrected chi connectivity index (χ1v) is 6.61. The molecule has 0 aromatic carbocycles. The van der Waals surface area contributed by atoms with Crippen LogP contribution in [-0.2, 0) is 4.43 Å². The van der Waals surface area contributed by atoms with Crippen molar-refractivity contribution in [1.82, 2.24) is 0 Å². The summed E-state index contributed by atoms with van der Waals surface area (Å²) in [7, 11) is -0.135. The second-order valence-corrected chi connectivity index (χ2v) is 7.62. The fraction of sp³-hybridized carbons (Fsp3) is 1.00. The minimum Gasteiger partial charge on any atom is -0.417 e. The van der Waals surface area contributed by atoms with Crippen molar-refractivity contribution < 1.29 is 4.43 Å². The average Bonchev–Trinajstić information content (AvgIpc) is 2.01. The summed E-state index contributed by atoms with van der Waals surface area (Å²) >= 11 is 0. The molecule has 68 valence electrons. The lowest BCUT2D eigenvalue weighted by molar-refractivity contribution is 0.372. The van der Waals surface area contributed by atoms with Gasteiger partial charge in [0.05, 0.1) is 0 Å². The van der Waals surface area contributed by atoms with E-state index in [9.17, 15) is 0 Å². The third-order valence-corrected chi connectivity index (χ3v) is 7.09. The maximum absolute atomic E-state index is 5.92. The molecule has 0 radical (unpaired) electrons. The van der Waals surface area contributed by atoms with E-state index in [1.807, 2.05) is 6.92 Å². The van der Waals surface area contributed by atoms with Crippen LogP contribution in [0.4, 0.5) is 0 Å². The van der Waals surface area contributed by atoms with Crippen LogP contribution in [0.1, 0.15) is 20.3 Å². The summed E-state index contributed by atoms with van der Waals surface area (Å²) in [5.74, 6) is 0. The van der Waals surface area contributed by atoms with Crippen LogP contribution in [0.15, 0.2) is 0 Å². The monoisotopic (exact) mass is 176 g/mol. The molecule has 0 aliphatic rings. The Balaban J connectivity index is 4.32. The Labute approximate surface area is 70.2 Å². The highest BCUT2D eigenvalue weighted by molar-refractivity contribution is 6.75. The third kappa shape index (κ3) is 2.26. The quantitative estimate of drug-likeness (QED) is 0.608. The maximum atomic E-state index is 5.92. The summed E-state index contributed by atoms with van der Waals surface area (Å²) in [5.41, 5.74) is 12.0. The van der Waals surface area contributed by atoms with Crippen LogP contribution in [-0.4, -0.2) is 26.8 Å². The van der Waals surface area contributed by atoms with Crippen molar-refractivity contribution in [3.8, 4) is 0 Å². The van der Waals surface area contributed by atoms with Gasteiger partial charge in [-0.1, -0.05) is 13.8 Å². The van der Waals surface area contributed by atoms with E-state index >= 15 is 0 Å². The molecule has 0 spiro atoms. The van der Waals surface area contributed by atoms with Crippen molar-refractivity contribution in [2.45, 2.75) is 38.1 Å². The van der Waals surface area contributed by atoms with E-state index in [-0.39, 0.29) is 11.3 Å². The van der Waals surface area contributed by atoms with Crippen molar-refractivity contribution in [2.75, 3.05) is 7.11 Å². The summed E-state index contributed by atoms with van der Waals surface area (Å²) < 4.78 is 5.44. The molecule has 0 heterocycles. The SMILES string of the molecule is CCC(N)[Si](C)(OC)C(C)N. The van der Waals surface area contributed by atoms with Crippen LogP contribution in [0.2, 0.25) is 6.55 Å². The zero-order valence-electron chi connectivity index (χ0n) is 7.92. The van der Waals surface area contributed by atoms with Gasteiger partial charge >= 0.3 is 0 Å². The van der Waals surface area contributed by atoms with E-state index in [0.717, 1.165) is 6.42 Å². The average molecular weight is 176 g/mol. The molecule has 0 amide bonds. The van der Waals surface area contributed by atoms with Gasteiger partial charge in [-0.05, 0) is 13.0 Å². The summed E-state index contributed by atoms with van der Waals surface area (Å²) in [6.07, 6.45) is 0.943. The van der Waals surface area contributed by atoms with Crippen molar-refractivity contribution in [3.05, 3.63) is 0 Å². The first-order chi connectivity index (χ1) is 4.99. The Kier molecular flexibility index (Phi) is 4.24. The van der Waals surface area contributed by atoms with Gasteiger partial charge < -0.3 is 15.9 Å². The van der Waals surface area contributed by atoms with Crippen LogP contribution in [0.3, 0.4) is 0 Å². The molecule has 0 aliphatic carbocycles. The maximum Gasteiger partial charge on any atom is 0.221 e. The molecule has 11 heavy (non-hydrogen) atoms. The van der Waals surface area contributed by atoms with Crippen LogP contribution in [0.5, 0.6) is 0 Å². The molecule has 0 aliphatic heterocycles. The first-order valence-electron chi connectivity index (χ1n) is 4.05. The molecule has 0 aromatic rings. The van der Waals surface area contributed by atoms with Crippen molar-refractivity contribution >= 4 is 8.32 Å². The van der Waals surface area contributed by atoms with Crippen LogP contribution in [0.25, 0.3) is 0 Å². The second kappa shape index (κ2) is 4.20. The smallest absolute Gasteiger partial charge is 0.221 e. The number of nitrogens with two attached hydrogens (primary N) is 2. The molecule has 0 saturated heterocycles. The van der Waals surface area contributed by atoms with E-state index in [1.165, 1.54) is 0 Å². The van der Waals surface area contributed by atoms with Gasteiger partial charge in [0.15, 0.2) is 0 Å². The number of hydrogen-bond donors (Lipinski definition) is 2. The van der Waals surface area contributed by atoms with Gasteiger partial charge in [0.2, 0.25) is 8.32 Å². The molecule has 3 nitrogen and oxygen atoms in total. The predicted octanol–water partition coefficient (Wildman–Crippen LogP) is 0.371. The van der Waals surface area contributed by atoms with Gasteiger partial charge in [-0.15, -0.1) is 0 Å². The highest BCUT2D eigenvalue weighted by Crippen LogP contribution is 2.13. The number of rotatable bonds is 4. The Morgan fingerprint density at radius 1 is 1.45 bits per heavy atom. The topological polar surface area (TPSA) is 61.3 Å². The zero-order valence-corrected chi connectivity index (χ0v) is 8.92. The van der Waals surface area contributed by atoms with Crippen LogP contribution in [0, 0.1) is 0 Å². The van der Waals surface area contributed by atoms with E-state index < -0.39 is 8.32 Å². The molecule has 3 atom stereocenters. The lowest BCUT2D eigenvalue weighted by Crippen LogP contribution is -2.62. The molecule has 0 saturated carbocycles. The molecule has 3 unspecified atom stereocenters. The second-order valence-electron chi connectivity index (χ2n) is 3.19. The van der Waals surface area contributed by atoms with Gasteiger partial charge in [-0.2, -0.15) is 0 Å². The Hall–Kier alpha value is 0.0969. The van der Waals surface area contributed by atoms with Gasteiger partial charge in [0.1, 0.15) is 0 Å².